The second kappa shape index (κ2) is 5.58. The Labute approximate surface area is 79.9 Å². The van der Waals surface area contributed by atoms with Gasteiger partial charge in [0.05, 0.1) is 0 Å². The van der Waals surface area contributed by atoms with Gasteiger partial charge in [0.2, 0.25) is 0 Å². The molecule has 1 unspecified atom stereocenters. The fourth-order valence-electron chi connectivity index (χ4n) is 1.65. The lowest BCUT2D eigenvalue weighted by atomic mass is 10.1. The third-order valence-corrected chi connectivity index (χ3v) is 3.15. The van der Waals surface area contributed by atoms with Gasteiger partial charge in [-0.15, -0.1) is 0 Å². The second-order valence-corrected chi connectivity index (χ2v) is 4.95. The summed E-state index contributed by atoms with van der Waals surface area (Å²) in [7, 11) is -2.23. The lowest BCUT2D eigenvalue weighted by Crippen LogP contribution is -2.14. The van der Waals surface area contributed by atoms with Gasteiger partial charge in [-0.1, -0.05) is 11.6 Å². The molecule has 0 radical (unpaired) electrons. The average Bonchev–Trinajstić information content (AvgIpc) is 2.45. The Bertz CT molecular complexity index is 216. The van der Waals surface area contributed by atoms with E-state index in [9.17, 15) is 4.57 Å². The van der Waals surface area contributed by atoms with Crippen LogP contribution >= 0.6 is 8.03 Å². The third kappa shape index (κ3) is 4.61. The van der Waals surface area contributed by atoms with Gasteiger partial charge >= 0.3 is 0 Å². The summed E-state index contributed by atoms with van der Waals surface area (Å²) in [4.78, 5) is 8.60. The molecule has 3 N–H and O–H groups in total. The molecule has 0 bridgehead atoms. The highest BCUT2D eigenvalue weighted by molar-refractivity contribution is 7.37. The molecule has 0 amide bonds. The molecule has 1 rings (SSSR count). The summed E-state index contributed by atoms with van der Waals surface area (Å²) in [6, 6.07) is 0.326. The number of rotatable bonds is 5. The van der Waals surface area contributed by atoms with Crippen molar-refractivity contribution in [2.45, 2.75) is 38.1 Å². The SMILES string of the molecule is N[C@@H]1CC=C(CCCC[PH](=O)O)C1. The first-order valence-corrected chi connectivity index (χ1v) is 6.40. The molecular weight excluding hydrogens is 185 g/mol. The van der Waals surface area contributed by atoms with Crippen molar-refractivity contribution >= 4 is 8.03 Å². The van der Waals surface area contributed by atoms with E-state index in [1.54, 1.807) is 0 Å². The molecule has 13 heavy (non-hydrogen) atoms. The van der Waals surface area contributed by atoms with Gasteiger partial charge in [-0.2, -0.15) is 0 Å². The van der Waals surface area contributed by atoms with Crippen LogP contribution in [0.2, 0.25) is 0 Å². The number of unbranched alkanes of at least 4 members (excludes halogenated alkanes) is 1. The van der Waals surface area contributed by atoms with Crippen LogP contribution in [0.5, 0.6) is 0 Å². The Kier molecular flexibility index (Phi) is 4.71. The largest absolute Gasteiger partial charge is 0.346 e. The molecule has 0 aliphatic heterocycles. The normalized spacial score (nSPS) is 24.5. The van der Waals surface area contributed by atoms with Gasteiger partial charge in [0, 0.05) is 12.2 Å². The maximum Gasteiger partial charge on any atom is 0.189 e. The molecule has 0 heterocycles. The number of nitrogens with two attached hydrogens (primary N) is 1. The first-order chi connectivity index (χ1) is 6.18. The predicted octanol–water partition coefficient (Wildman–Crippen LogP) is 1.67. The summed E-state index contributed by atoms with van der Waals surface area (Å²) in [6.07, 6.45) is 7.66. The van der Waals surface area contributed by atoms with Crippen LogP contribution in [0.1, 0.15) is 32.1 Å². The van der Waals surface area contributed by atoms with Crippen LogP contribution in [0.3, 0.4) is 0 Å². The Balaban J connectivity index is 2.03. The maximum absolute atomic E-state index is 10.4. The van der Waals surface area contributed by atoms with Crippen molar-refractivity contribution in [3.63, 3.8) is 0 Å². The van der Waals surface area contributed by atoms with Crippen LogP contribution in [-0.2, 0) is 4.57 Å². The van der Waals surface area contributed by atoms with Crippen molar-refractivity contribution in [2.24, 2.45) is 5.73 Å². The predicted molar refractivity (Wildman–Crippen MR) is 55.2 cm³/mol. The zero-order chi connectivity index (χ0) is 9.68. The van der Waals surface area contributed by atoms with Crippen LogP contribution in [0.25, 0.3) is 0 Å². The summed E-state index contributed by atoms with van der Waals surface area (Å²) >= 11 is 0. The summed E-state index contributed by atoms with van der Waals surface area (Å²) in [5.41, 5.74) is 7.18. The highest BCUT2D eigenvalue weighted by Gasteiger charge is 2.11. The molecule has 76 valence electrons. The molecule has 3 nitrogen and oxygen atoms in total. The first-order valence-electron chi connectivity index (χ1n) is 4.84. The highest BCUT2D eigenvalue weighted by atomic mass is 31.1. The van der Waals surface area contributed by atoms with Gasteiger partial charge in [0.15, 0.2) is 8.03 Å². The lowest BCUT2D eigenvalue weighted by Gasteiger charge is -2.03. The molecule has 0 spiro atoms. The monoisotopic (exact) mass is 203 g/mol. The molecule has 0 fully saturated rings. The molecule has 0 saturated heterocycles. The van der Waals surface area contributed by atoms with Crippen molar-refractivity contribution in [3.05, 3.63) is 11.6 Å². The second-order valence-electron chi connectivity index (χ2n) is 3.66. The van der Waals surface area contributed by atoms with E-state index in [1.807, 2.05) is 0 Å². The minimum absolute atomic E-state index is 0.326. The Hall–Kier alpha value is -0.110. The third-order valence-electron chi connectivity index (χ3n) is 2.37. The minimum atomic E-state index is -2.23. The molecule has 0 aromatic heterocycles. The van der Waals surface area contributed by atoms with Crippen molar-refractivity contribution < 1.29 is 9.46 Å². The van der Waals surface area contributed by atoms with Gasteiger partial charge in [0.1, 0.15) is 0 Å². The van der Waals surface area contributed by atoms with E-state index in [0.717, 1.165) is 32.1 Å². The maximum atomic E-state index is 10.4. The van der Waals surface area contributed by atoms with E-state index in [-0.39, 0.29) is 0 Å². The summed E-state index contributed by atoms with van der Waals surface area (Å²) < 4.78 is 10.4. The average molecular weight is 203 g/mol. The summed E-state index contributed by atoms with van der Waals surface area (Å²) in [5.74, 6) is 0. The van der Waals surface area contributed by atoms with E-state index in [0.29, 0.717) is 12.2 Å². The lowest BCUT2D eigenvalue weighted by molar-refractivity contribution is 0.500. The molecule has 1 aliphatic carbocycles. The van der Waals surface area contributed by atoms with Crippen LogP contribution < -0.4 is 5.73 Å². The first kappa shape index (κ1) is 11.0. The highest BCUT2D eigenvalue weighted by Crippen LogP contribution is 2.23. The molecular formula is C9H18NO2P. The number of hydrogen-bond donors (Lipinski definition) is 2. The zero-order valence-corrected chi connectivity index (χ0v) is 8.83. The molecule has 0 aromatic carbocycles. The fourth-order valence-corrected chi connectivity index (χ4v) is 2.21. The molecule has 0 aromatic rings. The van der Waals surface area contributed by atoms with Crippen molar-refractivity contribution in [1.82, 2.24) is 0 Å². The topological polar surface area (TPSA) is 63.3 Å². The minimum Gasteiger partial charge on any atom is -0.346 e. The van der Waals surface area contributed by atoms with E-state index < -0.39 is 8.03 Å². The van der Waals surface area contributed by atoms with Crippen LogP contribution in [0.4, 0.5) is 0 Å². The van der Waals surface area contributed by atoms with Gasteiger partial charge in [0.25, 0.3) is 0 Å². The van der Waals surface area contributed by atoms with Crippen LogP contribution in [0.15, 0.2) is 11.6 Å². The van der Waals surface area contributed by atoms with Crippen molar-refractivity contribution in [3.8, 4) is 0 Å². The van der Waals surface area contributed by atoms with Gasteiger partial charge in [-0.05, 0) is 32.1 Å². The Morgan fingerprint density at radius 3 is 2.92 bits per heavy atom. The quantitative estimate of drug-likeness (QED) is 0.406. The smallest absolute Gasteiger partial charge is 0.189 e. The summed E-state index contributed by atoms with van der Waals surface area (Å²) in [5, 5.41) is 0. The van der Waals surface area contributed by atoms with Crippen molar-refractivity contribution in [2.75, 3.05) is 6.16 Å². The number of hydrogen-bond acceptors (Lipinski definition) is 2. The standard InChI is InChI=1S/C9H18NO2P/c10-9-5-4-8(7-9)3-1-2-6-13(11)12/h4,9,13H,1-3,5-7,10H2,(H,11,12)/t9-/m1/s1. The van der Waals surface area contributed by atoms with E-state index >= 15 is 0 Å². The molecule has 1 aliphatic rings. The van der Waals surface area contributed by atoms with Crippen molar-refractivity contribution in [1.29, 1.82) is 0 Å². The summed E-state index contributed by atoms with van der Waals surface area (Å²) in [6.45, 7) is 0. The Morgan fingerprint density at radius 1 is 1.62 bits per heavy atom. The van der Waals surface area contributed by atoms with E-state index in [4.69, 9.17) is 10.6 Å². The van der Waals surface area contributed by atoms with Gasteiger partial charge in [-0.25, -0.2) is 0 Å². The van der Waals surface area contributed by atoms with Crippen LogP contribution in [0, 0.1) is 0 Å². The van der Waals surface area contributed by atoms with Gasteiger partial charge in [-0.3, -0.25) is 4.57 Å². The van der Waals surface area contributed by atoms with E-state index in [2.05, 4.69) is 6.08 Å². The molecule has 0 saturated carbocycles. The van der Waals surface area contributed by atoms with Crippen LogP contribution in [-0.4, -0.2) is 17.1 Å². The zero-order valence-electron chi connectivity index (χ0n) is 7.83. The molecule has 2 atom stereocenters. The fraction of sp³-hybridized carbons (Fsp3) is 0.778. The Morgan fingerprint density at radius 2 is 2.38 bits per heavy atom. The van der Waals surface area contributed by atoms with Gasteiger partial charge < -0.3 is 10.6 Å². The molecule has 4 heteroatoms. The van der Waals surface area contributed by atoms with E-state index in [1.165, 1.54) is 5.57 Å².